The highest BCUT2D eigenvalue weighted by atomic mass is 19.1. The number of hydrogen-bond donors (Lipinski definition) is 1. The van der Waals surface area contributed by atoms with Gasteiger partial charge in [0.05, 0.1) is 7.11 Å². The molecule has 0 saturated carbocycles. The molecule has 0 saturated heterocycles. The molecule has 2 aromatic rings. The predicted molar refractivity (Wildman–Crippen MR) is 66.7 cm³/mol. The lowest BCUT2D eigenvalue weighted by Gasteiger charge is -2.11. The Balaban J connectivity index is 2.57. The van der Waals surface area contributed by atoms with Crippen molar-refractivity contribution in [1.29, 1.82) is 0 Å². The minimum atomic E-state index is -0.308. The maximum atomic E-state index is 13.4. The van der Waals surface area contributed by atoms with Gasteiger partial charge in [-0.2, -0.15) is 0 Å². The molecule has 1 N–H and O–H groups in total. The van der Waals surface area contributed by atoms with Gasteiger partial charge in [-0.3, -0.25) is 0 Å². The standard InChI is InChI=1S/C13H14FN3O/c1-15-8-9-3-4-10(14)7-11(9)12-13(18-2)17-6-5-16-12/h3-7,15H,8H2,1-2H3. The number of hydrogen-bond acceptors (Lipinski definition) is 4. The van der Waals surface area contributed by atoms with Crippen LogP contribution in [-0.2, 0) is 6.54 Å². The van der Waals surface area contributed by atoms with Crippen molar-refractivity contribution < 1.29 is 9.13 Å². The van der Waals surface area contributed by atoms with E-state index in [9.17, 15) is 4.39 Å². The quantitative estimate of drug-likeness (QED) is 0.897. The summed E-state index contributed by atoms with van der Waals surface area (Å²) < 4.78 is 18.6. The Morgan fingerprint density at radius 3 is 2.78 bits per heavy atom. The first-order valence-electron chi connectivity index (χ1n) is 5.54. The van der Waals surface area contributed by atoms with Crippen LogP contribution in [0.25, 0.3) is 11.3 Å². The number of halogens is 1. The molecule has 2 rings (SSSR count). The van der Waals surface area contributed by atoms with Gasteiger partial charge in [-0.1, -0.05) is 6.07 Å². The molecule has 1 aromatic carbocycles. The van der Waals surface area contributed by atoms with Crippen LogP contribution in [0.2, 0.25) is 0 Å². The van der Waals surface area contributed by atoms with Crippen molar-refractivity contribution in [3.05, 3.63) is 42.0 Å². The summed E-state index contributed by atoms with van der Waals surface area (Å²) in [6, 6.07) is 4.60. The van der Waals surface area contributed by atoms with Gasteiger partial charge in [0.25, 0.3) is 0 Å². The highest BCUT2D eigenvalue weighted by molar-refractivity contribution is 5.68. The van der Waals surface area contributed by atoms with Crippen LogP contribution in [0, 0.1) is 5.82 Å². The van der Waals surface area contributed by atoms with Gasteiger partial charge < -0.3 is 10.1 Å². The van der Waals surface area contributed by atoms with Crippen LogP contribution in [0.4, 0.5) is 4.39 Å². The molecular formula is C13H14FN3O. The van der Waals surface area contributed by atoms with Gasteiger partial charge in [0.15, 0.2) is 0 Å². The molecule has 0 spiro atoms. The first kappa shape index (κ1) is 12.4. The monoisotopic (exact) mass is 247 g/mol. The highest BCUT2D eigenvalue weighted by Gasteiger charge is 2.13. The number of methoxy groups -OCH3 is 1. The van der Waals surface area contributed by atoms with Crippen LogP contribution in [-0.4, -0.2) is 24.1 Å². The summed E-state index contributed by atoms with van der Waals surface area (Å²) in [5.41, 5.74) is 2.18. The lowest BCUT2D eigenvalue weighted by molar-refractivity contribution is 0.397. The number of aromatic nitrogens is 2. The second-order valence-electron chi connectivity index (χ2n) is 3.75. The number of nitrogens with one attached hydrogen (secondary N) is 1. The maximum Gasteiger partial charge on any atom is 0.240 e. The highest BCUT2D eigenvalue weighted by Crippen LogP contribution is 2.28. The molecule has 18 heavy (non-hydrogen) atoms. The average Bonchev–Trinajstić information content (AvgIpc) is 2.41. The first-order valence-corrected chi connectivity index (χ1v) is 5.54. The molecule has 0 radical (unpaired) electrons. The van der Waals surface area contributed by atoms with Gasteiger partial charge >= 0.3 is 0 Å². The Morgan fingerprint density at radius 2 is 2.06 bits per heavy atom. The molecule has 0 fully saturated rings. The number of benzene rings is 1. The van der Waals surface area contributed by atoms with Gasteiger partial charge in [0.2, 0.25) is 5.88 Å². The Kier molecular flexibility index (Phi) is 3.84. The summed E-state index contributed by atoms with van der Waals surface area (Å²) >= 11 is 0. The van der Waals surface area contributed by atoms with Crippen molar-refractivity contribution in [3.8, 4) is 17.1 Å². The van der Waals surface area contributed by atoms with Gasteiger partial charge in [-0.15, -0.1) is 0 Å². The second kappa shape index (κ2) is 5.55. The SMILES string of the molecule is CNCc1ccc(F)cc1-c1nccnc1OC. The van der Waals surface area contributed by atoms with Crippen LogP contribution >= 0.6 is 0 Å². The van der Waals surface area contributed by atoms with Gasteiger partial charge in [0, 0.05) is 24.5 Å². The molecule has 0 aliphatic heterocycles. The van der Waals surface area contributed by atoms with Gasteiger partial charge in [0.1, 0.15) is 11.5 Å². The zero-order valence-corrected chi connectivity index (χ0v) is 10.3. The Hall–Kier alpha value is -2.01. The van der Waals surface area contributed by atoms with Crippen molar-refractivity contribution in [2.24, 2.45) is 0 Å². The molecule has 0 amide bonds. The normalized spacial score (nSPS) is 10.4. The van der Waals surface area contributed by atoms with E-state index in [1.54, 1.807) is 18.5 Å². The molecule has 4 nitrogen and oxygen atoms in total. The van der Waals surface area contributed by atoms with E-state index >= 15 is 0 Å². The van der Waals surface area contributed by atoms with Crippen molar-refractivity contribution in [3.63, 3.8) is 0 Å². The summed E-state index contributed by atoms with van der Waals surface area (Å²) in [5.74, 6) is 0.0815. The fraction of sp³-hybridized carbons (Fsp3) is 0.231. The van der Waals surface area contributed by atoms with Crippen molar-refractivity contribution in [2.45, 2.75) is 6.54 Å². The van der Waals surface area contributed by atoms with Crippen LogP contribution in [0.3, 0.4) is 0 Å². The van der Waals surface area contributed by atoms with E-state index in [0.29, 0.717) is 23.7 Å². The third kappa shape index (κ3) is 2.46. The summed E-state index contributed by atoms with van der Waals surface area (Å²) in [6.07, 6.45) is 3.10. The summed E-state index contributed by atoms with van der Waals surface area (Å²) in [7, 11) is 3.35. The smallest absolute Gasteiger partial charge is 0.240 e. The van der Waals surface area contributed by atoms with E-state index in [1.807, 2.05) is 7.05 Å². The molecule has 0 aliphatic carbocycles. The lowest BCUT2D eigenvalue weighted by Crippen LogP contribution is -2.07. The Bertz CT molecular complexity index is 546. The zero-order valence-electron chi connectivity index (χ0n) is 10.3. The van der Waals surface area contributed by atoms with E-state index < -0.39 is 0 Å². The van der Waals surface area contributed by atoms with Crippen LogP contribution < -0.4 is 10.1 Å². The van der Waals surface area contributed by atoms with Crippen molar-refractivity contribution in [2.75, 3.05) is 14.2 Å². The molecule has 0 unspecified atom stereocenters. The molecule has 0 aliphatic rings. The average molecular weight is 247 g/mol. The minimum Gasteiger partial charge on any atom is -0.479 e. The van der Waals surface area contributed by atoms with Crippen molar-refractivity contribution in [1.82, 2.24) is 15.3 Å². The minimum absolute atomic E-state index is 0.308. The summed E-state index contributed by atoms with van der Waals surface area (Å²) in [4.78, 5) is 8.30. The molecule has 94 valence electrons. The molecule has 1 aromatic heterocycles. The third-order valence-corrected chi connectivity index (χ3v) is 2.55. The Morgan fingerprint density at radius 1 is 1.28 bits per heavy atom. The summed E-state index contributed by atoms with van der Waals surface area (Å²) in [5, 5.41) is 3.04. The van der Waals surface area contributed by atoms with Crippen LogP contribution in [0.5, 0.6) is 5.88 Å². The van der Waals surface area contributed by atoms with Gasteiger partial charge in [-0.05, 0) is 24.7 Å². The zero-order chi connectivity index (χ0) is 13.0. The fourth-order valence-electron chi connectivity index (χ4n) is 1.77. The number of ether oxygens (including phenoxy) is 1. The van der Waals surface area contributed by atoms with Crippen molar-refractivity contribution >= 4 is 0 Å². The molecule has 0 bridgehead atoms. The largest absolute Gasteiger partial charge is 0.479 e. The molecule has 5 heteroatoms. The fourth-order valence-corrected chi connectivity index (χ4v) is 1.77. The van der Waals surface area contributed by atoms with Crippen LogP contribution in [0.15, 0.2) is 30.6 Å². The number of nitrogens with zero attached hydrogens (tertiary/aromatic N) is 2. The van der Waals surface area contributed by atoms with E-state index in [0.717, 1.165) is 5.56 Å². The van der Waals surface area contributed by atoms with Crippen LogP contribution in [0.1, 0.15) is 5.56 Å². The maximum absolute atomic E-state index is 13.4. The van der Waals surface area contributed by atoms with E-state index in [2.05, 4.69) is 15.3 Å². The first-order chi connectivity index (χ1) is 8.76. The second-order valence-corrected chi connectivity index (χ2v) is 3.75. The van der Waals surface area contributed by atoms with Gasteiger partial charge in [-0.25, -0.2) is 14.4 Å². The molecular weight excluding hydrogens is 233 g/mol. The molecule has 1 heterocycles. The Labute approximate surface area is 105 Å². The third-order valence-electron chi connectivity index (χ3n) is 2.55. The summed E-state index contributed by atoms with van der Waals surface area (Å²) in [6.45, 7) is 0.620. The van der Waals surface area contributed by atoms with E-state index in [4.69, 9.17) is 4.74 Å². The topological polar surface area (TPSA) is 47.0 Å². The van der Waals surface area contributed by atoms with E-state index in [1.165, 1.54) is 19.2 Å². The number of rotatable bonds is 4. The predicted octanol–water partition coefficient (Wildman–Crippen LogP) is 2.01. The van der Waals surface area contributed by atoms with E-state index in [-0.39, 0.29) is 5.82 Å². The lowest BCUT2D eigenvalue weighted by atomic mass is 10.0. The molecule has 0 atom stereocenters.